The van der Waals surface area contributed by atoms with Crippen molar-refractivity contribution in [2.75, 3.05) is 0 Å². The molecule has 0 spiro atoms. The average Bonchev–Trinajstić information content (AvgIpc) is 2.15. The number of carbonyl (C=O) groups excluding carboxylic acids is 1. The summed E-state index contributed by atoms with van der Waals surface area (Å²) in [6, 6.07) is 4.53. The van der Waals surface area contributed by atoms with Gasteiger partial charge in [0.2, 0.25) is 0 Å². The second kappa shape index (κ2) is 4.20. The fraction of sp³-hybridized carbons (Fsp3) is 0.111. The highest BCUT2D eigenvalue weighted by Crippen LogP contribution is 2.22. The summed E-state index contributed by atoms with van der Waals surface area (Å²) in [7, 11) is 3.13. The predicted molar refractivity (Wildman–Crippen MR) is 45.9 cm³/mol. The number of ether oxygens (including phenoxy) is 1. The predicted octanol–water partition coefficient (Wildman–Crippen LogP) is 2.11. The van der Waals surface area contributed by atoms with Crippen LogP contribution in [-0.4, -0.2) is 12.3 Å². The lowest BCUT2D eigenvalue weighted by atomic mass is 10.2. The Morgan fingerprint density at radius 3 is 2.20 bits per heavy atom. The van der Waals surface area contributed by atoms with Gasteiger partial charge in [0.1, 0.15) is 5.75 Å². The van der Waals surface area contributed by atoms with Gasteiger partial charge in [0.25, 0.3) is 5.91 Å². The monoisotopic (exact) mass is 218 g/mol. The van der Waals surface area contributed by atoms with E-state index in [9.17, 15) is 18.0 Å². The van der Waals surface area contributed by atoms with E-state index in [1.807, 2.05) is 0 Å². The van der Waals surface area contributed by atoms with E-state index in [-0.39, 0.29) is 11.3 Å². The summed E-state index contributed by atoms with van der Waals surface area (Å²) in [4.78, 5) is 11.0. The minimum atomic E-state index is -4.73. The standard InChI is InChI=1S/C9H7F3NO2/c1-13-8(14)6-2-4-7(5-3-6)15-9(10,11)12/h2-5H,1H2,(H,13,14). The van der Waals surface area contributed by atoms with E-state index in [0.29, 0.717) is 0 Å². The summed E-state index contributed by atoms with van der Waals surface area (Å²) in [5, 5.41) is 2.10. The second-order valence-electron chi connectivity index (χ2n) is 2.58. The second-order valence-corrected chi connectivity index (χ2v) is 2.58. The first-order valence-electron chi connectivity index (χ1n) is 3.85. The molecule has 0 heterocycles. The molecule has 0 aromatic heterocycles. The highest BCUT2D eigenvalue weighted by Gasteiger charge is 2.30. The summed E-state index contributed by atoms with van der Waals surface area (Å²) < 4.78 is 38.9. The Hall–Kier alpha value is -1.72. The van der Waals surface area contributed by atoms with Crippen LogP contribution in [0.1, 0.15) is 10.4 Å². The van der Waals surface area contributed by atoms with E-state index >= 15 is 0 Å². The minimum Gasteiger partial charge on any atom is -0.406 e. The highest BCUT2D eigenvalue weighted by atomic mass is 19.4. The number of alkyl halides is 3. The molecule has 81 valence electrons. The van der Waals surface area contributed by atoms with Gasteiger partial charge >= 0.3 is 6.36 Å². The van der Waals surface area contributed by atoms with Crippen LogP contribution < -0.4 is 10.1 Å². The number of amides is 1. The quantitative estimate of drug-likeness (QED) is 0.825. The zero-order valence-corrected chi connectivity index (χ0v) is 7.47. The van der Waals surface area contributed by atoms with Crippen molar-refractivity contribution >= 4 is 5.91 Å². The van der Waals surface area contributed by atoms with Crippen LogP contribution in [0.2, 0.25) is 0 Å². The zero-order valence-electron chi connectivity index (χ0n) is 7.47. The Morgan fingerprint density at radius 2 is 1.80 bits per heavy atom. The van der Waals surface area contributed by atoms with E-state index in [0.717, 1.165) is 12.1 Å². The lowest BCUT2D eigenvalue weighted by Crippen LogP contribution is -2.18. The molecule has 1 aromatic carbocycles. The van der Waals surface area contributed by atoms with Gasteiger partial charge in [0.15, 0.2) is 0 Å². The van der Waals surface area contributed by atoms with Crippen molar-refractivity contribution in [1.29, 1.82) is 0 Å². The molecule has 1 amide bonds. The molecular formula is C9H7F3NO2. The molecule has 1 aromatic rings. The lowest BCUT2D eigenvalue weighted by Gasteiger charge is -2.08. The Labute approximate surface area is 83.8 Å². The zero-order chi connectivity index (χ0) is 11.5. The summed E-state index contributed by atoms with van der Waals surface area (Å²) in [6.07, 6.45) is -4.73. The number of halogens is 3. The van der Waals surface area contributed by atoms with Crippen molar-refractivity contribution in [2.45, 2.75) is 6.36 Å². The van der Waals surface area contributed by atoms with Gasteiger partial charge < -0.3 is 10.1 Å². The third-order valence-corrected chi connectivity index (χ3v) is 1.51. The summed E-state index contributed by atoms with van der Waals surface area (Å²) in [6.45, 7) is 0. The molecule has 0 saturated heterocycles. The van der Waals surface area contributed by atoms with Gasteiger partial charge in [0.05, 0.1) is 0 Å². The summed E-state index contributed by atoms with van der Waals surface area (Å²) in [5.74, 6) is -0.850. The number of carbonyl (C=O) groups is 1. The largest absolute Gasteiger partial charge is 0.573 e. The maximum atomic E-state index is 11.8. The van der Waals surface area contributed by atoms with Crippen molar-refractivity contribution in [3.8, 4) is 5.75 Å². The molecular weight excluding hydrogens is 211 g/mol. The number of rotatable bonds is 2. The van der Waals surface area contributed by atoms with Crippen molar-refractivity contribution in [3.05, 3.63) is 36.9 Å². The van der Waals surface area contributed by atoms with Crippen LogP contribution in [0, 0.1) is 7.05 Å². The molecule has 0 bridgehead atoms. The molecule has 1 rings (SSSR count). The van der Waals surface area contributed by atoms with Crippen LogP contribution in [0.15, 0.2) is 24.3 Å². The number of nitrogens with one attached hydrogen (secondary N) is 1. The SMILES string of the molecule is [CH2]NC(=O)c1ccc(OC(F)(F)F)cc1. The summed E-state index contributed by atoms with van der Waals surface area (Å²) in [5.41, 5.74) is 0.208. The Balaban J connectivity index is 2.77. The van der Waals surface area contributed by atoms with Gasteiger partial charge in [0, 0.05) is 12.6 Å². The van der Waals surface area contributed by atoms with E-state index in [2.05, 4.69) is 17.1 Å². The van der Waals surface area contributed by atoms with Gasteiger partial charge in [-0.1, -0.05) is 0 Å². The minimum absolute atomic E-state index is 0.208. The van der Waals surface area contributed by atoms with Crippen LogP contribution >= 0.6 is 0 Å². The van der Waals surface area contributed by atoms with Crippen molar-refractivity contribution in [3.63, 3.8) is 0 Å². The van der Waals surface area contributed by atoms with Crippen LogP contribution in [0.25, 0.3) is 0 Å². The third kappa shape index (κ3) is 3.49. The molecule has 0 aliphatic rings. The molecule has 0 aliphatic carbocycles. The van der Waals surface area contributed by atoms with Crippen LogP contribution in [0.4, 0.5) is 13.2 Å². The molecule has 0 atom stereocenters. The molecule has 0 aliphatic heterocycles. The highest BCUT2D eigenvalue weighted by molar-refractivity contribution is 5.94. The lowest BCUT2D eigenvalue weighted by molar-refractivity contribution is -0.274. The first-order valence-corrected chi connectivity index (χ1v) is 3.85. The topological polar surface area (TPSA) is 38.3 Å². The van der Waals surface area contributed by atoms with Gasteiger partial charge in [-0.3, -0.25) is 4.79 Å². The van der Waals surface area contributed by atoms with Crippen LogP contribution in [0.5, 0.6) is 5.75 Å². The normalized spacial score (nSPS) is 10.9. The van der Waals surface area contributed by atoms with Gasteiger partial charge in [-0.25, -0.2) is 0 Å². The molecule has 15 heavy (non-hydrogen) atoms. The third-order valence-electron chi connectivity index (χ3n) is 1.51. The molecule has 0 fully saturated rings. The van der Waals surface area contributed by atoms with Crippen molar-refractivity contribution < 1.29 is 22.7 Å². The van der Waals surface area contributed by atoms with E-state index in [1.165, 1.54) is 12.1 Å². The maximum absolute atomic E-state index is 11.8. The smallest absolute Gasteiger partial charge is 0.406 e. The maximum Gasteiger partial charge on any atom is 0.573 e. The summed E-state index contributed by atoms with van der Waals surface area (Å²) >= 11 is 0. The van der Waals surface area contributed by atoms with E-state index in [4.69, 9.17) is 0 Å². The van der Waals surface area contributed by atoms with Crippen LogP contribution in [0.3, 0.4) is 0 Å². The molecule has 1 N–H and O–H groups in total. The first-order chi connectivity index (χ1) is 6.92. The molecule has 1 radical (unpaired) electrons. The Morgan fingerprint density at radius 1 is 1.27 bits per heavy atom. The van der Waals surface area contributed by atoms with Gasteiger partial charge in [-0.05, 0) is 24.3 Å². The number of benzene rings is 1. The van der Waals surface area contributed by atoms with Gasteiger partial charge in [-0.15, -0.1) is 13.2 Å². The average molecular weight is 218 g/mol. The fourth-order valence-electron chi connectivity index (χ4n) is 0.910. The van der Waals surface area contributed by atoms with Crippen molar-refractivity contribution in [1.82, 2.24) is 5.32 Å². The van der Waals surface area contributed by atoms with Crippen LogP contribution in [-0.2, 0) is 0 Å². The number of hydrogen-bond donors (Lipinski definition) is 1. The first kappa shape index (κ1) is 11.4. The van der Waals surface area contributed by atoms with Crippen molar-refractivity contribution in [2.24, 2.45) is 0 Å². The van der Waals surface area contributed by atoms with E-state index in [1.54, 1.807) is 0 Å². The molecule has 3 nitrogen and oxygen atoms in total. The van der Waals surface area contributed by atoms with E-state index < -0.39 is 12.3 Å². The Bertz CT molecular complexity index is 345. The molecule has 6 heteroatoms. The number of hydrogen-bond acceptors (Lipinski definition) is 2. The fourth-order valence-corrected chi connectivity index (χ4v) is 0.910. The van der Waals surface area contributed by atoms with Gasteiger partial charge in [-0.2, -0.15) is 0 Å². The Kier molecular flexibility index (Phi) is 3.18. The molecule has 0 unspecified atom stereocenters. The molecule has 0 saturated carbocycles.